The van der Waals surface area contributed by atoms with Gasteiger partial charge in [-0.3, -0.25) is 0 Å². The van der Waals surface area contributed by atoms with E-state index < -0.39 is 0 Å². The van der Waals surface area contributed by atoms with Crippen LogP contribution in [0.25, 0.3) is 0 Å². The van der Waals surface area contributed by atoms with Crippen molar-refractivity contribution in [1.82, 2.24) is 0 Å². The fourth-order valence-corrected chi connectivity index (χ4v) is 2.60. The second-order valence-electron chi connectivity index (χ2n) is 5.43. The van der Waals surface area contributed by atoms with E-state index in [1.807, 2.05) is 25.1 Å². The van der Waals surface area contributed by atoms with E-state index in [-0.39, 0.29) is 6.04 Å². The van der Waals surface area contributed by atoms with Crippen LogP contribution < -0.4 is 15.2 Å². The molecule has 1 aromatic rings. The van der Waals surface area contributed by atoms with E-state index in [0.29, 0.717) is 6.10 Å². The van der Waals surface area contributed by atoms with Crippen molar-refractivity contribution in [1.29, 1.82) is 0 Å². The number of hydrogen-bond acceptors (Lipinski definition) is 3. The van der Waals surface area contributed by atoms with Crippen LogP contribution in [0.1, 0.15) is 57.1 Å². The molecule has 0 bridgehead atoms. The Hall–Kier alpha value is -1.22. The summed E-state index contributed by atoms with van der Waals surface area (Å²) in [5.74, 6) is 1.64. The molecule has 1 aliphatic carbocycles. The Morgan fingerprint density at radius 2 is 1.79 bits per heavy atom. The van der Waals surface area contributed by atoms with Gasteiger partial charge in [-0.15, -0.1) is 0 Å². The van der Waals surface area contributed by atoms with Gasteiger partial charge in [0.1, 0.15) is 0 Å². The van der Waals surface area contributed by atoms with E-state index in [4.69, 9.17) is 15.2 Å². The van der Waals surface area contributed by atoms with Crippen molar-refractivity contribution in [2.45, 2.75) is 57.6 Å². The first-order valence-corrected chi connectivity index (χ1v) is 7.31. The molecular weight excluding hydrogens is 238 g/mol. The largest absolute Gasteiger partial charge is 0.493 e. The lowest BCUT2D eigenvalue weighted by atomic mass is 10.1. The highest BCUT2D eigenvalue weighted by Gasteiger charge is 2.16. The minimum absolute atomic E-state index is 0.0147. The van der Waals surface area contributed by atoms with Crippen molar-refractivity contribution in [3.63, 3.8) is 0 Å². The van der Waals surface area contributed by atoms with Crippen molar-refractivity contribution in [3.8, 4) is 11.5 Å². The molecule has 0 amide bonds. The molecule has 106 valence electrons. The topological polar surface area (TPSA) is 44.5 Å². The standard InChI is InChI=1S/C16H25NO2/c1-12(17)13-9-10-15(16(11-13)18-2)19-14-7-5-3-4-6-8-14/h9-12,14H,3-8,17H2,1-2H3/t12-/m1/s1. The van der Waals surface area contributed by atoms with Crippen LogP contribution in [0.4, 0.5) is 0 Å². The molecule has 2 N–H and O–H groups in total. The Morgan fingerprint density at radius 3 is 2.37 bits per heavy atom. The van der Waals surface area contributed by atoms with E-state index in [1.165, 1.54) is 25.7 Å². The van der Waals surface area contributed by atoms with Gasteiger partial charge in [0, 0.05) is 6.04 Å². The number of hydrogen-bond donors (Lipinski definition) is 1. The number of benzene rings is 1. The predicted octanol–water partition coefficient (Wildman–Crippen LogP) is 3.82. The van der Waals surface area contributed by atoms with E-state index in [0.717, 1.165) is 29.9 Å². The number of methoxy groups -OCH3 is 1. The number of nitrogens with two attached hydrogens (primary N) is 1. The van der Waals surface area contributed by atoms with Crippen LogP contribution in [0.3, 0.4) is 0 Å². The average molecular weight is 263 g/mol. The van der Waals surface area contributed by atoms with Crippen LogP contribution >= 0.6 is 0 Å². The van der Waals surface area contributed by atoms with Crippen LogP contribution in [0.2, 0.25) is 0 Å². The summed E-state index contributed by atoms with van der Waals surface area (Å²) >= 11 is 0. The highest BCUT2D eigenvalue weighted by atomic mass is 16.5. The normalized spacial score (nSPS) is 18.7. The maximum absolute atomic E-state index is 6.13. The third-order valence-corrected chi connectivity index (χ3v) is 3.81. The third-order valence-electron chi connectivity index (χ3n) is 3.81. The highest BCUT2D eigenvalue weighted by molar-refractivity contribution is 5.43. The molecule has 0 aromatic heterocycles. The van der Waals surface area contributed by atoms with Crippen LogP contribution in [0, 0.1) is 0 Å². The summed E-state index contributed by atoms with van der Waals surface area (Å²) in [5, 5.41) is 0. The minimum atomic E-state index is 0.0147. The van der Waals surface area contributed by atoms with Crippen molar-refractivity contribution in [2.24, 2.45) is 5.73 Å². The summed E-state index contributed by atoms with van der Waals surface area (Å²) in [6.07, 6.45) is 7.84. The van der Waals surface area contributed by atoms with E-state index in [9.17, 15) is 0 Å². The Labute approximate surface area is 116 Å². The summed E-state index contributed by atoms with van der Waals surface area (Å²) < 4.78 is 11.6. The smallest absolute Gasteiger partial charge is 0.161 e. The van der Waals surface area contributed by atoms with E-state index in [1.54, 1.807) is 7.11 Å². The maximum Gasteiger partial charge on any atom is 0.161 e. The molecule has 0 saturated heterocycles. The van der Waals surface area contributed by atoms with Gasteiger partial charge in [0.25, 0.3) is 0 Å². The molecule has 0 aliphatic heterocycles. The zero-order valence-electron chi connectivity index (χ0n) is 12.0. The van der Waals surface area contributed by atoms with Gasteiger partial charge in [-0.1, -0.05) is 18.9 Å². The monoisotopic (exact) mass is 263 g/mol. The summed E-state index contributed by atoms with van der Waals surface area (Å²) in [6.45, 7) is 1.97. The lowest BCUT2D eigenvalue weighted by Crippen LogP contribution is -2.15. The van der Waals surface area contributed by atoms with E-state index >= 15 is 0 Å². The molecule has 1 aromatic carbocycles. The molecule has 3 heteroatoms. The molecule has 0 unspecified atom stereocenters. The molecular formula is C16H25NO2. The molecule has 1 fully saturated rings. The molecule has 2 rings (SSSR count). The fourth-order valence-electron chi connectivity index (χ4n) is 2.60. The Bertz CT molecular complexity index is 396. The van der Waals surface area contributed by atoms with Gasteiger partial charge in [0.2, 0.25) is 0 Å². The fraction of sp³-hybridized carbons (Fsp3) is 0.625. The molecule has 1 saturated carbocycles. The lowest BCUT2D eigenvalue weighted by molar-refractivity contribution is 0.176. The summed E-state index contributed by atoms with van der Waals surface area (Å²) in [5.41, 5.74) is 6.97. The Morgan fingerprint density at radius 1 is 1.11 bits per heavy atom. The van der Waals surface area contributed by atoms with Gasteiger partial charge in [0.15, 0.2) is 11.5 Å². The first-order valence-electron chi connectivity index (χ1n) is 7.31. The van der Waals surface area contributed by atoms with Crippen molar-refractivity contribution < 1.29 is 9.47 Å². The lowest BCUT2D eigenvalue weighted by Gasteiger charge is -2.19. The van der Waals surface area contributed by atoms with Crippen molar-refractivity contribution in [2.75, 3.05) is 7.11 Å². The summed E-state index contributed by atoms with van der Waals surface area (Å²) in [7, 11) is 1.68. The minimum Gasteiger partial charge on any atom is -0.493 e. The van der Waals surface area contributed by atoms with Gasteiger partial charge in [0.05, 0.1) is 13.2 Å². The molecule has 0 radical (unpaired) electrons. The first-order chi connectivity index (χ1) is 9.20. The van der Waals surface area contributed by atoms with Crippen LogP contribution in [0.15, 0.2) is 18.2 Å². The van der Waals surface area contributed by atoms with Crippen LogP contribution in [-0.4, -0.2) is 13.2 Å². The average Bonchev–Trinajstić information content (AvgIpc) is 2.67. The number of rotatable bonds is 4. The van der Waals surface area contributed by atoms with Crippen molar-refractivity contribution >= 4 is 0 Å². The van der Waals surface area contributed by atoms with Crippen LogP contribution in [0.5, 0.6) is 11.5 Å². The van der Waals surface area contributed by atoms with Gasteiger partial charge in [-0.25, -0.2) is 0 Å². The van der Waals surface area contributed by atoms with Gasteiger partial charge >= 0.3 is 0 Å². The van der Waals surface area contributed by atoms with Gasteiger partial charge in [-0.05, 0) is 50.3 Å². The third kappa shape index (κ3) is 3.87. The first kappa shape index (κ1) is 14.2. The SMILES string of the molecule is COc1cc([C@@H](C)N)ccc1OC1CCCCCC1. The quantitative estimate of drug-likeness (QED) is 0.840. The molecule has 1 atom stereocenters. The number of ether oxygens (including phenoxy) is 2. The molecule has 3 nitrogen and oxygen atoms in total. The van der Waals surface area contributed by atoms with Gasteiger partial charge in [-0.2, -0.15) is 0 Å². The molecule has 0 heterocycles. The van der Waals surface area contributed by atoms with Gasteiger partial charge < -0.3 is 15.2 Å². The zero-order valence-corrected chi connectivity index (χ0v) is 12.0. The molecule has 19 heavy (non-hydrogen) atoms. The second-order valence-corrected chi connectivity index (χ2v) is 5.43. The molecule has 1 aliphatic rings. The maximum atomic E-state index is 6.13. The van der Waals surface area contributed by atoms with E-state index in [2.05, 4.69) is 0 Å². The Balaban J connectivity index is 2.10. The summed E-state index contributed by atoms with van der Waals surface area (Å²) in [4.78, 5) is 0. The summed E-state index contributed by atoms with van der Waals surface area (Å²) in [6, 6.07) is 6.01. The second kappa shape index (κ2) is 6.80. The highest BCUT2D eigenvalue weighted by Crippen LogP contribution is 2.32. The van der Waals surface area contributed by atoms with Crippen molar-refractivity contribution in [3.05, 3.63) is 23.8 Å². The molecule has 0 spiro atoms. The Kier molecular flexibility index (Phi) is 5.08. The zero-order chi connectivity index (χ0) is 13.7. The predicted molar refractivity (Wildman–Crippen MR) is 77.7 cm³/mol. The van der Waals surface area contributed by atoms with Crippen LogP contribution in [-0.2, 0) is 0 Å².